The molecule has 144 valence electrons. The van der Waals surface area contributed by atoms with Crippen molar-refractivity contribution in [2.45, 2.75) is 53.4 Å². The van der Waals surface area contributed by atoms with Gasteiger partial charge in [0.1, 0.15) is 0 Å². The van der Waals surface area contributed by atoms with Crippen molar-refractivity contribution in [1.29, 1.82) is 0 Å². The first-order valence-corrected chi connectivity index (χ1v) is 10.2. The largest absolute Gasteiger partial charge is 0.295 e. The average Bonchev–Trinajstić information content (AvgIpc) is 2.69. The van der Waals surface area contributed by atoms with Crippen LogP contribution in [0.4, 0.5) is 0 Å². The zero-order chi connectivity index (χ0) is 20.3. The number of fused-ring (bicyclic) bond motifs is 1. The summed E-state index contributed by atoms with van der Waals surface area (Å²) >= 11 is 0. The first-order chi connectivity index (χ1) is 13.5. The molecule has 0 aliphatic heterocycles. The quantitative estimate of drug-likeness (QED) is 0.427. The Balaban J connectivity index is 2.29. The lowest BCUT2D eigenvalue weighted by atomic mass is 9.85. The summed E-state index contributed by atoms with van der Waals surface area (Å²) in [6.45, 7) is 7.62. The predicted octanol–water partition coefficient (Wildman–Crippen LogP) is 6.82. The Labute approximate surface area is 167 Å². The van der Waals surface area contributed by atoms with Crippen LogP contribution in [0.5, 0.6) is 0 Å². The van der Waals surface area contributed by atoms with E-state index >= 15 is 0 Å². The maximum atomic E-state index is 11.9. The minimum atomic E-state index is 0.0854. The number of Topliss-reactive ketones (excluding diaryl/α,β-unsaturated/α-hetero) is 2. The van der Waals surface area contributed by atoms with Gasteiger partial charge in [-0.2, -0.15) is 0 Å². The zero-order valence-corrected chi connectivity index (χ0v) is 17.3. The zero-order valence-electron chi connectivity index (χ0n) is 17.3. The second-order valence-corrected chi connectivity index (χ2v) is 7.51. The molecular weight excluding hydrogens is 344 g/mol. The number of hydrogen-bond acceptors (Lipinski definition) is 2. The molecule has 2 heteroatoms. The van der Waals surface area contributed by atoms with E-state index in [2.05, 4.69) is 44.2 Å². The van der Waals surface area contributed by atoms with Gasteiger partial charge in [0.2, 0.25) is 0 Å². The minimum absolute atomic E-state index is 0.0854. The summed E-state index contributed by atoms with van der Waals surface area (Å²) in [7, 11) is 0. The Bertz CT molecular complexity index is 1030. The molecule has 0 unspecified atom stereocenters. The third-order valence-electron chi connectivity index (χ3n) is 5.38. The summed E-state index contributed by atoms with van der Waals surface area (Å²) in [6.07, 6.45) is 4.11. The van der Waals surface area contributed by atoms with Crippen molar-refractivity contribution < 1.29 is 9.59 Å². The van der Waals surface area contributed by atoms with Gasteiger partial charge in [-0.05, 0) is 71.8 Å². The molecule has 0 aliphatic rings. The Morgan fingerprint density at radius 3 is 1.86 bits per heavy atom. The third-order valence-corrected chi connectivity index (χ3v) is 5.38. The summed E-state index contributed by atoms with van der Waals surface area (Å²) in [5.41, 5.74) is 6.61. The monoisotopic (exact) mass is 372 g/mol. The number of hydrogen-bond donors (Lipinski definition) is 0. The number of carbonyl (C=O) groups is 2. The van der Waals surface area contributed by atoms with E-state index < -0.39 is 0 Å². The van der Waals surface area contributed by atoms with Crippen LogP contribution < -0.4 is 0 Å². The van der Waals surface area contributed by atoms with Crippen LogP contribution in [-0.4, -0.2) is 11.6 Å². The van der Waals surface area contributed by atoms with Gasteiger partial charge in [-0.1, -0.05) is 63.1 Å². The molecule has 0 atom stereocenters. The molecule has 0 heterocycles. The highest BCUT2D eigenvalue weighted by Gasteiger charge is 2.15. The Kier molecular flexibility index (Phi) is 6.08. The van der Waals surface area contributed by atoms with Gasteiger partial charge in [-0.25, -0.2) is 0 Å². The van der Waals surface area contributed by atoms with E-state index in [0.717, 1.165) is 42.4 Å². The first kappa shape index (κ1) is 20.0. The van der Waals surface area contributed by atoms with Gasteiger partial charge >= 0.3 is 0 Å². The Hall–Kier alpha value is -2.74. The fourth-order valence-electron chi connectivity index (χ4n) is 3.94. The first-order valence-electron chi connectivity index (χ1n) is 10.2. The van der Waals surface area contributed by atoms with Crippen LogP contribution in [-0.2, 0) is 12.8 Å². The molecule has 3 rings (SSSR count). The SMILES string of the molecule is CCCc1c(-c2ccc(C(C)=O)cc2)cc2ccc(C(C)=O)cc2c1CCC. The van der Waals surface area contributed by atoms with Gasteiger partial charge in [-0.15, -0.1) is 0 Å². The number of rotatable bonds is 7. The highest BCUT2D eigenvalue weighted by atomic mass is 16.1. The molecule has 28 heavy (non-hydrogen) atoms. The third kappa shape index (κ3) is 3.91. The van der Waals surface area contributed by atoms with Crippen molar-refractivity contribution in [3.8, 4) is 11.1 Å². The van der Waals surface area contributed by atoms with Crippen LogP contribution in [0.25, 0.3) is 21.9 Å². The average molecular weight is 373 g/mol. The number of ketones is 2. The molecule has 0 bridgehead atoms. The highest BCUT2D eigenvalue weighted by molar-refractivity contribution is 6.01. The second kappa shape index (κ2) is 8.52. The second-order valence-electron chi connectivity index (χ2n) is 7.51. The summed E-state index contributed by atoms with van der Waals surface area (Å²) < 4.78 is 0. The molecule has 2 nitrogen and oxygen atoms in total. The van der Waals surface area contributed by atoms with E-state index in [1.165, 1.54) is 27.5 Å². The Morgan fingerprint density at radius 2 is 1.29 bits per heavy atom. The normalized spacial score (nSPS) is 11.0. The molecule has 0 amide bonds. The van der Waals surface area contributed by atoms with Gasteiger partial charge in [0.05, 0.1) is 0 Å². The van der Waals surface area contributed by atoms with E-state index in [1.54, 1.807) is 13.8 Å². The van der Waals surface area contributed by atoms with E-state index in [9.17, 15) is 9.59 Å². The van der Waals surface area contributed by atoms with Crippen molar-refractivity contribution in [3.63, 3.8) is 0 Å². The maximum absolute atomic E-state index is 11.9. The highest BCUT2D eigenvalue weighted by Crippen LogP contribution is 2.35. The Morgan fingerprint density at radius 1 is 0.714 bits per heavy atom. The number of aryl methyl sites for hydroxylation is 1. The summed E-state index contributed by atoms with van der Waals surface area (Å²) in [5, 5.41) is 2.36. The van der Waals surface area contributed by atoms with Gasteiger partial charge in [0.15, 0.2) is 11.6 Å². The lowest BCUT2D eigenvalue weighted by molar-refractivity contribution is 0.100. The molecule has 0 aliphatic carbocycles. The van der Waals surface area contributed by atoms with Crippen LogP contribution in [0, 0.1) is 0 Å². The van der Waals surface area contributed by atoms with E-state index in [4.69, 9.17) is 0 Å². The summed E-state index contributed by atoms with van der Waals surface area (Å²) in [4.78, 5) is 23.6. The van der Waals surface area contributed by atoms with Crippen LogP contribution in [0.2, 0.25) is 0 Å². The summed E-state index contributed by atoms with van der Waals surface area (Å²) in [6, 6.07) is 16.2. The molecule has 0 radical (unpaired) electrons. The lowest BCUT2D eigenvalue weighted by Crippen LogP contribution is -2.01. The minimum Gasteiger partial charge on any atom is -0.295 e. The summed E-state index contributed by atoms with van der Waals surface area (Å²) in [5.74, 6) is 0.188. The molecule has 0 fully saturated rings. The molecule has 0 spiro atoms. The number of carbonyl (C=O) groups excluding carboxylic acids is 2. The van der Waals surface area contributed by atoms with Crippen molar-refractivity contribution in [2.75, 3.05) is 0 Å². The van der Waals surface area contributed by atoms with Gasteiger partial charge in [0, 0.05) is 11.1 Å². The fraction of sp³-hybridized carbons (Fsp3) is 0.308. The van der Waals surface area contributed by atoms with Crippen molar-refractivity contribution >= 4 is 22.3 Å². The van der Waals surface area contributed by atoms with Crippen molar-refractivity contribution in [1.82, 2.24) is 0 Å². The van der Waals surface area contributed by atoms with E-state index in [0.29, 0.717) is 0 Å². The molecule has 3 aromatic rings. The topological polar surface area (TPSA) is 34.1 Å². The van der Waals surface area contributed by atoms with Crippen LogP contribution in [0.15, 0.2) is 48.5 Å². The molecule has 0 aromatic heterocycles. The lowest BCUT2D eigenvalue weighted by Gasteiger charge is -2.19. The van der Waals surface area contributed by atoms with Crippen LogP contribution >= 0.6 is 0 Å². The van der Waals surface area contributed by atoms with E-state index in [1.807, 2.05) is 18.2 Å². The van der Waals surface area contributed by atoms with Crippen molar-refractivity contribution in [3.05, 3.63) is 70.8 Å². The van der Waals surface area contributed by atoms with E-state index in [-0.39, 0.29) is 11.6 Å². The van der Waals surface area contributed by atoms with Crippen molar-refractivity contribution in [2.24, 2.45) is 0 Å². The number of benzene rings is 3. The van der Waals surface area contributed by atoms with Gasteiger partial charge in [-0.3, -0.25) is 9.59 Å². The van der Waals surface area contributed by atoms with Gasteiger partial charge in [0.25, 0.3) is 0 Å². The molecule has 3 aromatic carbocycles. The molecular formula is C26H28O2. The fourth-order valence-corrected chi connectivity index (χ4v) is 3.94. The standard InChI is InChI=1S/C26H28O2/c1-5-7-23-24(8-6-2)26-15-21(18(4)28)13-14-22(26)16-25(23)20-11-9-19(10-12-20)17(3)27/h9-16H,5-8H2,1-4H3. The van der Waals surface area contributed by atoms with Crippen LogP contribution in [0.1, 0.15) is 72.4 Å². The molecule has 0 saturated heterocycles. The smallest absolute Gasteiger partial charge is 0.159 e. The molecule has 0 N–H and O–H groups in total. The maximum Gasteiger partial charge on any atom is 0.159 e. The van der Waals surface area contributed by atoms with Crippen LogP contribution in [0.3, 0.4) is 0 Å². The predicted molar refractivity (Wildman–Crippen MR) is 117 cm³/mol. The molecule has 0 saturated carbocycles. The van der Waals surface area contributed by atoms with Gasteiger partial charge < -0.3 is 0 Å².